The van der Waals surface area contributed by atoms with Crippen molar-refractivity contribution in [1.29, 1.82) is 5.26 Å². The Morgan fingerprint density at radius 3 is 2.80 bits per heavy atom. The van der Waals surface area contributed by atoms with Crippen molar-refractivity contribution in [3.05, 3.63) is 74.2 Å². The van der Waals surface area contributed by atoms with Gasteiger partial charge < -0.3 is 20.3 Å². The van der Waals surface area contributed by atoms with Gasteiger partial charge in [-0.05, 0) is 58.7 Å². The first-order valence-electron chi connectivity index (χ1n) is 8.85. The van der Waals surface area contributed by atoms with E-state index < -0.39 is 5.92 Å². The lowest BCUT2D eigenvalue weighted by molar-refractivity contribution is 0.364. The van der Waals surface area contributed by atoms with Crippen molar-refractivity contribution in [1.82, 2.24) is 9.78 Å². The lowest BCUT2D eigenvalue weighted by atomic mass is 9.84. The highest BCUT2D eigenvalue weighted by Crippen LogP contribution is 2.47. The van der Waals surface area contributed by atoms with E-state index in [-0.39, 0.29) is 23.0 Å². The molecule has 9 heteroatoms. The van der Waals surface area contributed by atoms with Crippen LogP contribution in [-0.2, 0) is 0 Å². The number of ether oxygens (including phenoxy) is 2. The SMILES string of the molecule is COc1cc([C@@H]2C(C#N)=C(N)Oc3c2c(C)nn3-c2cccc(Cl)c2)cc(Br)c1O. The molecular formula is C21H16BrClN4O3. The minimum Gasteiger partial charge on any atom is -0.503 e. The maximum absolute atomic E-state index is 10.2. The maximum atomic E-state index is 10.2. The fourth-order valence-corrected chi connectivity index (χ4v) is 4.19. The number of fused-ring (bicyclic) bond motifs is 1. The summed E-state index contributed by atoms with van der Waals surface area (Å²) < 4.78 is 13.2. The molecule has 3 N–H and O–H groups in total. The van der Waals surface area contributed by atoms with Gasteiger partial charge in [-0.15, -0.1) is 0 Å². The number of phenolic OH excluding ortho intramolecular Hbond substituents is 1. The van der Waals surface area contributed by atoms with E-state index in [1.54, 1.807) is 28.9 Å². The molecule has 2 aromatic carbocycles. The number of phenols is 1. The number of aryl methyl sites for hydroxylation is 1. The molecule has 1 aromatic heterocycles. The Morgan fingerprint density at radius 2 is 2.13 bits per heavy atom. The molecule has 0 bridgehead atoms. The smallest absolute Gasteiger partial charge is 0.229 e. The van der Waals surface area contributed by atoms with Crippen LogP contribution in [0.1, 0.15) is 22.7 Å². The number of methoxy groups -OCH3 is 1. The second-order valence-electron chi connectivity index (χ2n) is 6.67. The number of rotatable bonds is 3. The molecule has 0 fully saturated rings. The molecule has 152 valence electrons. The summed E-state index contributed by atoms with van der Waals surface area (Å²) in [4.78, 5) is 0. The average molecular weight is 488 g/mol. The minimum absolute atomic E-state index is 0.0126. The van der Waals surface area contributed by atoms with Crippen molar-refractivity contribution < 1.29 is 14.6 Å². The van der Waals surface area contributed by atoms with E-state index in [4.69, 9.17) is 26.8 Å². The number of nitrogens with zero attached hydrogens (tertiary/aromatic N) is 3. The first-order valence-corrected chi connectivity index (χ1v) is 10.0. The Balaban J connectivity index is 1.98. The topological polar surface area (TPSA) is 106 Å². The standard InChI is InChI=1S/C21H16BrClN4O3/c1-10-17-18(11-6-15(22)19(28)16(7-11)29-2)14(9-24)20(25)30-21(17)27(26-10)13-5-3-4-12(23)8-13/h3-8,18,28H,25H2,1-2H3/t18-/m1/s1. The van der Waals surface area contributed by atoms with Crippen LogP contribution >= 0.6 is 27.5 Å². The van der Waals surface area contributed by atoms with E-state index in [1.165, 1.54) is 7.11 Å². The molecule has 1 atom stereocenters. The molecule has 0 unspecified atom stereocenters. The zero-order valence-corrected chi connectivity index (χ0v) is 18.3. The summed E-state index contributed by atoms with van der Waals surface area (Å²) in [5.41, 5.74) is 9.12. The molecule has 3 aromatic rings. The zero-order valence-electron chi connectivity index (χ0n) is 16.0. The van der Waals surface area contributed by atoms with E-state index in [0.29, 0.717) is 37.9 Å². The number of aromatic hydroxyl groups is 1. The fraction of sp³-hybridized carbons (Fsp3) is 0.143. The van der Waals surface area contributed by atoms with Crippen molar-refractivity contribution >= 4 is 27.5 Å². The summed E-state index contributed by atoms with van der Waals surface area (Å²) in [7, 11) is 1.46. The van der Waals surface area contributed by atoms with Crippen LogP contribution in [0.2, 0.25) is 5.02 Å². The molecule has 0 spiro atoms. The fourth-order valence-electron chi connectivity index (χ4n) is 3.55. The van der Waals surface area contributed by atoms with Crippen LogP contribution in [0.15, 0.2) is 52.3 Å². The highest BCUT2D eigenvalue weighted by molar-refractivity contribution is 9.10. The number of hydrogen-bond acceptors (Lipinski definition) is 6. The lowest BCUT2D eigenvalue weighted by Gasteiger charge is -2.25. The Labute approximate surface area is 186 Å². The third-order valence-electron chi connectivity index (χ3n) is 4.89. The van der Waals surface area contributed by atoms with E-state index >= 15 is 0 Å². The molecule has 0 aliphatic carbocycles. The molecule has 1 aliphatic rings. The monoisotopic (exact) mass is 486 g/mol. The van der Waals surface area contributed by atoms with E-state index in [9.17, 15) is 10.4 Å². The quantitative estimate of drug-likeness (QED) is 0.562. The van der Waals surface area contributed by atoms with Gasteiger partial charge in [0, 0.05) is 5.02 Å². The summed E-state index contributed by atoms with van der Waals surface area (Å²) in [6.45, 7) is 1.83. The number of halogens is 2. The Kier molecular flexibility index (Phi) is 5.10. The van der Waals surface area contributed by atoms with Gasteiger partial charge in [0.05, 0.1) is 34.4 Å². The first-order chi connectivity index (χ1) is 14.3. The van der Waals surface area contributed by atoms with Gasteiger partial charge >= 0.3 is 0 Å². The van der Waals surface area contributed by atoms with Crippen molar-refractivity contribution in [2.75, 3.05) is 7.11 Å². The zero-order chi connectivity index (χ0) is 21.6. The number of allylic oxidation sites excluding steroid dienone is 1. The molecule has 0 amide bonds. The van der Waals surface area contributed by atoms with E-state index in [0.717, 1.165) is 0 Å². The lowest BCUT2D eigenvalue weighted by Crippen LogP contribution is -2.22. The molecule has 1 aliphatic heterocycles. The first kappa shape index (κ1) is 20.1. The molecule has 4 rings (SSSR count). The second-order valence-corrected chi connectivity index (χ2v) is 7.97. The third-order valence-corrected chi connectivity index (χ3v) is 5.73. The van der Waals surface area contributed by atoms with Gasteiger partial charge in [0.1, 0.15) is 11.6 Å². The normalized spacial score (nSPS) is 15.4. The number of nitriles is 1. The van der Waals surface area contributed by atoms with Crippen LogP contribution in [0.4, 0.5) is 0 Å². The van der Waals surface area contributed by atoms with Gasteiger partial charge in [0.2, 0.25) is 11.8 Å². The van der Waals surface area contributed by atoms with Gasteiger partial charge in [-0.3, -0.25) is 0 Å². The summed E-state index contributed by atoms with van der Waals surface area (Å²) in [6, 6.07) is 12.7. The molecule has 2 heterocycles. The van der Waals surface area contributed by atoms with Crippen molar-refractivity contribution in [3.8, 4) is 29.1 Å². The van der Waals surface area contributed by atoms with Crippen LogP contribution in [-0.4, -0.2) is 22.0 Å². The predicted octanol–water partition coefficient (Wildman–Crippen LogP) is 4.53. The van der Waals surface area contributed by atoms with Crippen LogP contribution in [0.5, 0.6) is 17.4 Å². The van der Waals surface area contributed by atoms with Gasteiger partial charge in [0.25, 0.3) is 0 Å². The van der Waals surface area contributed by atoms with Crippen LogP contribution in [0, 0.1) is 18.3 Å². The summed E-state index contributed by atoms with van der Waals surface area (Å²) >= 11 is 9.49. The largest absolute Gasteiger partial charge is 0.503 e. The summed E-state index contributed by atoms with van der Waals surface area (Å²) in [5.74, 6) is 0.0664. The van der Waals surface area contributed by atoms with Crippen molar-refractivity contribution in [2.24, 2.45) is 5.73 Å². The Morgan fingerprint density at radius 1 is 1.37 bits per heavy atom. The van der Waals surface area contributed by atoms with Gasteiger partial charge in [-0.2, -0.15) is 10.4 Å². The maximum Gasteiger partial charge on any atom is 0.229 e. The molecule has 0 saturated carbocycles. The van der Waals surface area contributed by atoms with Crippen molar-refractivity contribution in [3.63, 3.8) is 0 Å². The van der Waals surface area contributed by atoms with Crippen LogP contribution < -0.4 is 15.2 Å². The van der Waals surface area contributed by atoms with Gasteiger partial charge in [0.15, 0.2) is 11.5 Å². The number of nitrogens with two attached hydrogens (primary N) is 1. The molecule has 0 saturated heterocycles. The third kappa shape index (κ3) is 3.16. The molecule has 30 heavy (non-hydrogen) atoms. The molecular weight excluding hydrogens is 472 g/mol. The highest BCUT2D eigenvalue weighted by Gasteiger charge is 2.36. The van der Waals surface area contributed by atoms with Crippen LogP contribution in [0.3, 0.4) is 0 Å². The van der Waals surface area contributed by atoms with Gasteiger partial charge in [-0.1, -0.05) is 17.7 Å². The minimum atomic E-state index is -0.558. The predicted molar refractivity (Wildman–Crippen MR) is 115 cm³/mol. The van der Waals surface area contributed by atoms with Crippen LogP contribution in [0.25, 0.3) is 5.69 Å². The number of hydrogen-bond donors (Lipinski definition) is 2. The summed E-state index contributed by atoms with van der Waals surface area (Å²) in [6.07, 6.45) is 0. The molecule has 7 nitrogen and oxygen atoms in total. The highest BCUT2D eigenvalue weighted by atomic mass is 79.9. The number of benzene rings is 2. The van der Waals surface area contributed by atoms with Crippen molar-refractivity contribution in [2.45, 2.75) is 12.8 Å². The molecule has 0 radical (unpaired) electrons. The van der Waals surface area contributed by atoms with E-state index in [1.807, 2.05) is 19.1 Å². The summed E-state index contributed by atoms with van der Waals surface area (Å²) in [5, 5.41) is 25.2. The van der Waals surface area contributed by atoms with E-state index in [2.05, 4.69) is 27.1 Å². The number of aromatic nitrogens is 2. The second kappa shape index (κ2) is 7.59. The Bertz CT molecular complexity index is 1250. The average Bonchev–Trinajstić information content (AvgIpc) is 3.05. The van der Waals surface area contributed by atoms with Gasteiger partial charge in [-0.25, -0.2) is 4.68 Å². The Hall–Kier alpha value is -3.15.